The highest BCUT2D eigenvalue weighted by atomic mass is 32.2. The average molecular weight is 456 g/mol. The smallest absolute Gasteiger partial charge is 0.272 e. The zero-order valence-electron chi connectivity index (χ0n) is 18.5. The van der Waals surface area contributed by atoms with E-state index in [0.29, 0.717) is 17.3 Å². The first kappa shape index (κ1) is 22.5. The molecule has 1 heterocycles. The molecule has 2 aliphatic carbocycles. The van der Waals surface area contributed by atoms with Crippen molar-refractivity contribution in [2.75, 3.05) is 6.26 Å². The Kier molecular flexibility index (Phi) is 6.60. The van der Waals surface area contributed by atoms with E-state index in [-0.39, 0.29) is 29.5 Å². The van der Waals surface area contributed by atoms with Crippen molar-refractivity contribution in [3.05, 3.63) is 58.9 Å². The standard InChI is InChI=1S/C24H29N3O4S/c1-16-21(23(28)26-20(17-12-13-17)14-15-32(2,29)30)27-24(31-19-10-4-3-5-11-19)22(25-16)18-8-6-7-9-18/h3-5,10-11,14-15,17-18,20H,6-9,12-13H2,1-2H3,(H,26,28)/b15-14+/t20-/m1/s1. The number of nitrogens with zero attached hydrogens (tertiary/aromatic N) is 2. The summed E-state index contributed by atoms with van der Waals surface area (Å²) in [6, 6.07) is 9.01. The van der Waals surface area contributed by atoms with Crippen LogP contribution in [0.25, 0.3) is 0 Å². The lowest BCUT2D eigenvalue weighted by atomic mass is 10.0. The maximum atomic E-state index is 13.1. The van der Waals surface area contributed by atoms with E-state index in [0.717, 1.165) is 55.9 Å². The van der Waals surface area contributed by atoms with Crippen molar-refractivity contribution in [3.8, 4) is 11.6 Å². The van der Waals surface area contributed by atoms with Gasteiger partial charge >= 0.3 is 0 Å². The zero-order valence-corrected chi connectivity index (χ0v) is 19.3. The van der Waals surface area contributed by atoms with Gasteiger partial charge in [-0.25, -0.2) is 18.4 Å². The van der Waals surface area contributed by atoms with E-state index >= 15 is 0 Å². The van der Waals surface area contributed by atoms with Gasteiger partial charge in [-0.1, -0.05) is 37.1 Å². The largest absolute Gasteiger partial charge is 0.437 e. The van der Waals surface area contributed by atoms with Gasteiger partial charge in [0.05, 0.1) is 11.7 Å². The van der Waals surface area contributed by atoms with Crippen LogP contribution >= 0.6 is 0 Å². The predicted octanol–water partition coefficient (Wildman–Crippen LogP) is 4.30. The van der Waals surface area contributed by atoms with E-state index in [9.17, 15) is 13.2 Å². The lowest BCUT2D eigenvalue weighted by Crippen LogP contribution is -2.36. The normalized spacial score (nSPS) is 18.1. The minimum atomic E-state index is -3.27. The lowest BCUT2D eigenvalue weighted by molar-refractivity contribution is 0.0933. The van der Waals surface area contributed by atoms with Gasteiger partial charge in [-0.3, -0.25) is 4.79 Å². The molecule has 2 saturated carbocycles. The van der Waals surface area contributed by atoms with Gasteiger partial charge < -0.3 is 10.1 Å². The molecular formula is C24H29N3O4S. The number of aryl methyl sites for hydroxylation is 1. The summed E-state index contributed by atoms with van der Waals surface area (Å²) in [5, 5.41) is 4.10. The average Bonchev–Trinajstić information content (AvgIpc) is 3.45. The van der Waals surface area contributed by atoms with Gasteiger partial charge in [0, 0.05) is 17.6 Å². The van der Waals surface area contributed by atoms with E-state index in [1.54, 1.807) is 13.0 Å². The predicted molar refractivity (Wildman–Crippen MR) is 122 cm³/mol. The second kappa shape index (κ2) is 9.40. The van der Waals surface area contributed by atoms with Crippen LogP contribution < -0.4 is 10.1 Å². The van der Waals surface area contributed by atoms with E-state index in [1.807, 2.05) is 30.3 Å². The van der Waals surface area contributed by atoms with Crippen LogP contribution in [0.5, 0.6) is 11.6 Å². The molecular weight excluding hydrogens is 426 g/mol. The first-order chi connectivity index (χ1) is 15.3. The highest BCUT2D eigenvalue weighted by molar-refractivity contribution is 7.93. The minimum Gasteiger partial charge on any atom is -0.437 e. The van der Waals surface area contributed by atoms with E-state index in [1.165, 1.54) is 0 Å². The number of amides is 1. The number of sulfone groups is 1. The third-order valence-corrected chi connectivity index (χ3v) is 6.59. The minimum absolute atomic E-state index is 0.205. The molecule has 0 radical (unpaired) electrons. The molecule has 0 aliphatic heterocycles. The molecule has 1 amide bonds. The number of aromatic nitrogens is 2. The Hall–Kier alpha value is -2.74. The number of hydrogen-bond acceptors (Lipinski definition) is 6. The van der Waals surface area contributed by atoms with Crippen molar-refractivity contribution in [1.82, 2.24) is 15.3 Å². The van der Waals surface area contributed by atoms with Gasteiger partial charge in [-0.05, 0) is 50.7 Å². The first-order valence-electron chi connectivity index (χ1n) is 11.1. The summed E-state index contributed by atoms with van der Waals surface area (Å²) in [6.07, 6.45) is 8.96. The molecule has 2 fully saturated rings. The molecule has 0 unspecified atom stereocenters. The number of nitrogens with one attached hydrogen (secondary N) is 1. The van der Waals surface area contributed by atoms with Gasteiger partial charge in [0.2, 0.25) is 5.88 Å². The Balaban J connectivity index is 1.63. The molecule has 1 atom stereocenters. The fraction of sp³-hybridized carbons (Fsp3) is 0.458. The molecule has 8 heteroatoms. The van der Waals surface area contributed by atoms with E-state index in [2.05, 4.69) is 10.3 Å². The highest BCUT2D eigenvalue weighted by Gasteiger charge is 2.32. The summed E-state index contributed by atoms with van der Waals surface area (Å²) in [7, 11) is -3.27. The van der Waals surface area contributed by atoms with Crippen LogP contribution in [-0.2, 0) is 9.84 Å². The van der Waals surface area contributed by atoms with Crippen LogP contribution in [0.3, 0.4) is 0 Å². The molecule has 2 aromatic rings. The lowest BCUT2D eigenvalue weighted by Gasteiger charge is -2.18. The van der Waals surface area contributed by atoms with Gasteiger partial charge in [-0.15, -0.1) is 0 Å². The Labute approximate surface area is 189 Å². The number of carbonyl (C=O) groups is 1. The second-order valence-corrected chi connectivity index (χ2v) is 10.7. The van der Waals surface area contributed by atoms with Crippen molar-refractivity contribution in [3.63, 3.8) is 0 Å². The maximum Gasteiger partial charge on any atom is 0.272 e. The number of benzene rings is 1. The number of para-hydroxylation sites is 1. The van der Waals surface area contributed by atoms with Gasteiger partial charge in [0.15, 0.2) is 15.5 Å². The van der Waals surface area contributed by atoms with Gasteiger partial charge in [-0.2, -0.15) is 0 Å². The van der Waals surface area contributed by atoms with Crippen LogP contribution in [-0.4, -0.2) is 36.6 Å². The van der Waals surface area contributed by atoms with Crippen LogP contribution in [0.2, 0.25) is 0 Å². The molecule has 1 N–H and O–H groups in total. The molecule has 32 heavy (non-hydrogen) atoms. The molecule has 0 bridgehead atoms. The second-order valence-electron chi connectivity index (χ2n) is 8.74. The summed E-state index contributed by atoms with van der Waals surface area (Å²) in [6.45, 7) is 1.78. The summed E-state index contributed by atoms with van der Waals surface area (Å²) in [4.78, 5) is 22.5. The van der Waals surface area contributed by atoms with Crippen molar-refractivity contribution in [2.24, 2.45) is 5.92 Å². The Morgan fingerprint density at radius 2 is 1.81 bits per heavy atom. The fourth-order valence-corrected chi connectivity index (χ4v) is 4.56. The SMILES string of the molecule is Cc1nc(C2CCCC2)c(Oc2ccccc2)nc1C(=O)N[C@H](/C=C/S(C)(=O)=O)C1CC1. The molecule has 0 saturated heterocycles. The summed E-state index contributed by atoms with van der Waals surface area (Å²) in [5.41, 5.74) is 1.55. The fourth-order valence-electron chi connectivity index (χ4n) is 4.10. The summed E-state index contributed by atoms with van der Waals surface area (Å²) >= 11 is 0. The number of carbonyl (C=O) groups excluding carboxylic acids is 1. The Bertz CT molecular complexity index is 1110. The number of hydrogen-bond donors (Lipinski definition) is 1. The van der Waals surface area contributed by atoms with Crippen LogP contribution in [0, 0.1) is 12.8 Å². The van der Waals surface area contributed by atoms with Crippen LogP contribution in [0.4, 0.5) is 0 Å². The van der Waals surface area contributed by atoms with E-state index in [4.69, 9.17) is 9.72 Å². The first-order valence-corrected chi connectivity index (χ1v) is 13.1. The third kappa shape index (κ3) is 5.73. The number of ether oxygens (including phenoxy) is 1. The van der Waals surface area contributed by atoms with Gasteiger partial charge in [0.25, 0.3) is 5.91 Å². The monoisotopic (exact) mass is 455 g/mol. The zero-order chi connectivity index (χ0) is 22.7. The van der Waals surface area contributed by atoms with Crippen molar-refractivity contribution >= 4 is 15.7 Å². The maximum absolute atomic E-state index is 13.1. The highest BCUT2D eigenvalue weighted by Crippen LogP contribution is 2.39. The Morgan fingerprint density at radius 1 is 1.12 bits per heavy atom. The quantitative estimate of drug-likeness (QED) is 0.637. The third-order valence-electron chi connectivity index (χ3n) is 5.94. The topological polar surface area (TPSA) is 98.2 Å². The molecule has 0 spiro atoms. The Morgan fingerprint density at radius 3 is 2.44 bits per heavy atom. The molecule has 4 rings (SSSR count). The van der Waals surface area contributed by atoms with Crippen molar-refractivity contribution in [2.45, 2.75) is 57.4 Å². The molecule has 1 aromatic carbocycles. The summed E-state index contributed by atoms with van der Waals surface area (Å²) < 4.78 is 29.1. The van der Waals surface area contributed by atoms with Crippen molar-refractivity contribution < 1.29 is 17.9 Å². The van der Waals surface area contributed by atoms with E-state index < -0.39 is 9.84 Å². The molecule has 2 aliphatic rings. The van der Waals surface area contributed by atoms with Crippen LogP contribution in [0.15, 0.2) is 41.8 Å². The van der Waals surface area contributed by atoms with Crippen molar-refractivity contribution in [1.29, 1.82) is 0 Å². The molecule has 7 nitrogen and oxygen atoms in total. The molecule has 1 aromatic heterocycles. The number of rotatable bonds is 8. The van der Waals surface area contributed by atoms with Gasteiger partial charge in [0.1, 0.15) is 11.4 Å². The molecule has 170 valence electrons. The van der Waals surface area contributed by atoms with Crippen LogP contribution in [0.1, 0.15) is 66.3 Å². The summed E-state index contributed by atoms with van der Waals surface area (Å²) in [5.74, 6) is 1.15.